The van der Waals surface area contributed by atoms with E-state index in [0.29, 0.717) is 11.8 Å². The molecule has 3 nitrogen and oxygen atoms in total. The molecule has 0 aliphatic heterocycles. The molecule has 1 unspecified atom stereocenters. The molecule has 0 N–H and O–H groups in total. The van der Waals surface area contributed by atoms with Crippen molar-refractivity contribution in [2.24, 2.45) is 0 Å². The van der Waals surface area contributed by atoms with Crippen molar-refractivity contribution in [2.45, 2.75) is 71.8 Å². The lowest BCUT2D eigenvalue weighted by molar-refractivity contribution is -0.119. The number of benzene rings is 1. The minimum absolute atomic E-state index is 0.431. The normalized spacial score (nSPS) is 12.4. The standard InChI is InChI=1S/C21H35NO2/c1-5-7-8-12-20(23)13-10-15-22(6-2)18(3)16-19-11-9-14-21(17-19)24-4/h9,11,14,17-18H,5-8,10,12-13,15-16H2,1-4H3. The average Bonchev–Trinajstić information content (AvgIpc) is 2.59. The first-order valence-electron chi connectivity index (χ1n) is 9.49. The molecule has 0 bridgehead atoms. The fourth-order valence-electron chi connectivity index (χ4n) is 3.14. The Labute approximate surface area is 148 Å². The van der Waals surface area contributed by atoms with Gasteiger partial charge >= 0.3 is 0 Å². The number of hydrogen-bond donors (Lipinski definition) is 0. The second-order valence-electron chi connectivity index (χ2n) is 6.63. The molecule has 0 aromatic heterocycles. The van der Waals surface area contributed by atoms with Crippen LogP contribution in [-0.4, -0.2) is 36.9 Å². The quantitative estimate of drug-likeness (QED) is 0.482. The Bertz CT molecular complexity index is 473. The van der Waals surface area contributed by atoms with E-state index in [1.807, 2.05) is 12.1 Å². The predicted molar refractivity (Wildman–Crippen MR) is 102 cm³/mol. The largest absolute Gasteiger partial charge is 0.497 e. The number of unbranched alkanes of at least 4 members (excludes halogenated alkanes) is 2. The van der Waals surface area contributed by atoms with E-state index in [-0.39, 0.29) is 0 Å². The van der Waals surface area contributed by atoms with Crippen LogP contribution >= 0.6 is 0 Å². The molecule has 0 aliphatic carbocycles. The third-order valence-corrected chi connectivity index (χ3v) is 4.65. The summed E-state index contributed by atoms with van der Waals surface area (Å²) in [6.45, 7) is 8.67. The molecule has 1 rings (SSSR count). The van der Waals surface area contributed by atoms with Crippen molar-refractivity contribution in [3.8, 4) is 5.75 Å². The van der Waals surface area contributed by atoms with Gasteiger partial charge in [0.15, 0.2) is 0 Å². The molecule has 3 heteroatoms. The highest BCUT2D eigenvalue weighted by Crippen LogP contribution is 2.16. The van der Waals surface area contributed by atoms with Crippen molar-refractivity contribution >= 4 is 5.78 Å². The van der Waals surface area contributed by atoms with Crippen molar-refractivity contribution in [1.29, 1.82) is 0 Å². The Morgan fingerprint density at radius 1 is 1.17 bits per heavy atom. The number of Topliss-reactive ketones (excluding diaryl/α,β-unsaturated/α-hetero) is 1. The molecule has 0 radical (unpaired) electrons. The van der Waals surface area contributed by atoms with Crippen LogP contribution in [0.4, 0.5) is 0 Å². The van der Waals surface area contributed by atoms with Gasteiger partial charge in [0, 0.05) is 18.9 Å². The van der Waals surface area contributed by atoms with Crippen molar-refractivity contribution in [1.82, 2.24) is 4.90 Å². The highest BCUT2D eigenvalue weighted by molar-refractivity contribution is 5.78. The van der Waals surface area contributed by atoms with E-state index in [0.717, 1.165) is 50.9 Å². The Kier molecular flexibility index (Phi) is 10.4. The molecule has 0 saturated carbocycles. The summed E-state index contributed by atoms with van der Waals surface area (Å²) in [4.78, 5) is 14.4. The summed E-state index contributed by atoms with van der Waals surface area (Å²) in [5.74, 6) is 1.35. The van der Waals surface area contributed by atoms with Crippen molar-refractivity contribution in [3.63, 3.8) is 0 Å². The molecule has 0 spiro atoms. The average molecular weight is 334 g/mol. The van der Waals surface area contributed by atoms with E-state index >= 15 is 0 Å². The van der Waals surface area contributed by atoms with Gasteiger partial charge in [0.2, 0.25) is 0 Å². The topological polar surface area (TPSA) is 29.5 Å². The second-order valence-corrected chi connectivity index (χ2v) is 6.63. The highest BCUT2D eigenvalue weighted by Gasteiger charge is 2.13. The number of carbonyl (C=O) groups excluding carboxylic acids is 1. The minimum Gasteiger partial charge on any atom is -0.497 e. The van der Waals surface area contributed by atoms with E-state index in [2.05, 4.69) is 37.8 Å². The predicted octanol–water partition coefficient (Wildman–Crippen LogP) is 4.88. The fraction of sp³-hybridized carbons (Fsp3) is 0.667. The molecule has 0 amide bonds. The first-order valence-corrected chi connectivity index (χ1v) is 9.49. The zero-order valence-electron chi connectivity index (χ0n) is 16.0. The van der Waals surface area contributed by atoms with Crippen LogP contribution in [0.5, 0.6) is 5.75 Å². The lowest BCUT2D eigenvalue weighted by Gasteiger charge is -2.28. The van der Waals surface area contributed by atoms with Crippen LogP contribution in [0.3, 0.4) is 0 Å². The maximum Gasteiger partial charge on any atom is 0.132 e. The molecule has 0 fully saturated rings. The van der Waals surface area contributed by atoms with Crippen LogP contribution in [0.2, 0.25) is 0 Å². The molecule has 1 aromatic rings. The van der Waals surface area contributed by atoms with Crippen molar-refractivity contribution in [3.05, 3.63) is 29.8 Å². The number of likely N-dealkylation sites (N-methyl/N-ethyl adjacent to an activating group) is 1. The molecule has 1 atom stereocenters. The monoisotopic (exact) mass is 333 g/mol. The summed E-state index contributed by atoms with van der Waals surface area (Å²) < 4.78 is 5.30. The zero-order valence-corrected chi connectivity index (χ0v) is 16.0. The minimum atomic E-state index is 0.431. The maximum atomic E-state index is 11.9. The lowest BCUT2D eigenvalue weighted by Crippen LogP contribution is -2.35. The highest BCUT2D eigenvalue weighted by atomic mass is 16.5. The molecule has 24 heavy (non-hydrogen) atoms. The van der Waals surface area contributed by atoms with Crippen molar-refractivity contribution < 1.29 is 9.53 Å². The Hall–Kier alpha value is -1.35. The first-order chi connectivity index (χ1) is 11.6. The van der Waals surface area contributed by atoms with Crippen LogP contribution in [0.15, 0.2) is 24.3 Å². The van der Waals surface area contributed by atoms with Gasteiger partial charge in [-0.3, -0.25) is 4.79 Å². The third-order valence-electron chi connectivity index (χ3n) is 4.65. The van der Waals surface area contributed by atoms with Gasteiger partial charge in [-0.15, -0.1) is 0 Å². The van der Waals surface area contributed by atoms with Gasteiger partial charge in [0.1, 0.15) is 11.5 Å². The molecule has 0 saturated heterocycles. The third kappa shape index (κ3) is 7.96. The number of methoxy groups -OCH3 is 1. The zero-order chi connectivity index (χ0) is 17.8. The summed E-state index contributed by atoms with van der Waals surface area (Å²) in [5, 5.41) is 0. The Balaban J connectivity index is 2.37. The molecular weight excluding hydrogens is 298 g/mol. The molecule has 1 aromatic carbocycles. The lowest BCUT2D eigenvalue weighted by atomic mass is 10.0. The SMILES string of the molecule is CCCCCC(=O)CCCN(CC)C(C)Cc1cccc(OC)c1. The first kappa shape index (κ1) is 20.7. The number of ketones is 1. The Morgan fingerprint density at radius 2 is 1.92 bits per heavy atom. The number of carbonyl (C=O) groups is 1. The van der Waals surface area contributed by atoms with Crippen LogP contribution in [0, 0.1) is 0 Å². The van der Waals surface area contributed by atoms with Gasteiger partial charge in [-0.1, -0.05) is 38.8 Å². The summed E-state index contributed by atoms with van der Waals surface area (Å²) in [6, 6.07) is 8.77. The van der Waals surface area contributed by atoms with E-state index < -0.39 is 0 Å². The number of hydrogen-bond acceptors (Lipinski definition) is 3. The molecule has 0 aliphatic rings. The number of nitrogens with zero attached hydrogens (tertiary/aromatic N) is 1. The fourth-order valence-corrected chi connectivity index (χ4v) is 3.14. The summed E-state index contributed by atoms with van der Waals surface area (Å²) in [7, 11) is 1.71. The summed E-state index contributed by atoms with van der Waals surface area (Å²) in [5.41, 5.74) is 1.30. The molecule has 136 valence electrons. The smallest absolute Gasteiger partial charge is 0.132 e. The van der Waals surface area contributed by atoms with Gasteiger partial charge in [-0.25, -0.2) is 0 Å². The number of rotatable bonds is 13. The van der Waals surface area contributed by atoms with Gasteiger partial charge < -0.3 is 9.64 Å². The van der Waals surface area contributed by atoms with Crippen LogP contribution < -0.4 is 4.74 Å². The van der Waals surface area contributed by atoms with Gasteiger partial charge in [-0.05, 0) is 57.0 Å². The molecular formula is C21H35NO2. The van der Waals surface area contributed by atoms with Crippen LogP contribution in [-0.2, 0) is 11.2 Å². The van der Waals surface area contributed by atoms with E-state index in [1.54, 1.807) is 7.11 Å². The maximum absolute atomic E-state index is 11.9. The van der Waals surface area contributed by atoms with Crippen molar-refractivity contribution in [2.75, 3.05) is 20.2 Å². The van der Waals surface area contributed by atoms with E-state index in [9.17, 15) is 4.79 Å². The van der Waals surface area contributed by atoms with Gasteiger partial charge in [-0.2, -0.15) is 0 Å². The van der Waals surface area contributed by atoms with Crippen LogP contribution in [0.1, 0.15) is 64.9 Å². The van der Waals surface area contributed by atoms with Crippen LogP contribution in [0.25, 0.3) is 0 Å². The molecule has 0 heterocycles. The summed E-state index contributed by atoms with van der Waals surface area (Å²) >= 11 is 0. The number of ether oxygens (including phenoxy) is 1. The Morgan fingerprint density at radius 3 is 2.58 bits per heavy atom. The van der Waals surface area contributed by atoms with E-state index in [1.165, 1.54) is 18.4 Å². The van der Waals surface area contributed by atoms with Gasteiger partial charge in [0.05, 0.1) is 7.11 Å². The van der Waals surface area contributed by atoms with E-state index in [4.69, 9.17) is 4.74 Å². The summed E-state index contributed by atoms with van der Waals surface area (Å²) in [6.07, 6.45) is 6.88. The van der Waals surface area contributed by atoms with Gasteiger partial charge in [0.25, 0.3) is 0 Å². The second kappa shape index (κ2) is 12.1.